The molecule has 2 heterocycles. The van der Waals surface area contributed by atoms with E-state index >= 15 is 0 Å². The summed E-state index contributed by atoms with van der Waals surface area (Å²) in [6.45, 7) is 1.53. The molecule has 1 N–H and O–H groups in total. The van der Waals surface area contributed by atoms with Crippen LogP contribution in [0.1, 0.15) is 18.1 Å². The number of anilines is 1. The number of benzene rings is 2. The van der Waals surface area contributed by atoms with E-state index in [-0.39, 0.29) is 11.8 Å². The molecule has 3 aromatic rings. The van der Waals surface area contributed by atoms with E-state index in [2.05, 4.69) is 22.4 Å². The molecule has 0 bridgehead atoms. The molecule has 6 heteroatoms. The lowest BCUT2D eigenvalue weighted by atomic mass is 9.95. The molecule has 0 saturated carbocycles. The van der Waals surface area contributed by atoms with Crippen LogP contribution in [0.5, 0.6) is 0 Å². The van der Waals surface area contributed by atoms with Crippen molar-refractivity contribution in [1.82, 2.24) is 4.98 Å². The van der Waals surface area contributed by atoms with Crippen molar-refractivity contribution in [2.75, 3.05) is 18.5 Å². The number of rotatable bonds is 5. The zero-order valence-corrected chi connectivity index (χ0v) is 14.2. The van der Waals surface area contributed by atoms with Gasteiger partial charge in [-0.2, -0.15) is 0 Å². The van der Waals surface area contributed by atoms with E-state index in [0.717, 1.165) is 36.3 Å². The molecule has 1 aromatic heterocycles. The predicted molar refractivity (Wildman–Crippen MR) is 100 cm³/mol. The minimum atomic E-state index is -0.393. The summed E-state index contributed by atoms with van der Waals surface area (Å²) in [5, 5.41) is 15.0. The van der Waals surface area contributed by atoms with Crippen LogP contribution < -0.4 is 5.32 Å². The Kier molecular flexibility index (Phi) is 4.50. The number of fused-ring (bicyclic) bond motifs is 1. The summed E-state index contributed by atoms with van der Waals surface area (Å²) in [6.07, 6.45) is 1.11. The second kappa shape index (κ2) is 7.09. The van der Waals surface area contributed by atoms with E-state index in [1.807, 2.05) is 30.3 Å². The van der Waals surface area contributed by atoms with Gasteiger partial charge in [0.05, 0.1) is 16.5 Å². The highest BCUT2D eigenvalue weighted by Gasteiger charge is 2.29. The molecule has 0 radical (unpaired) electrons. The molecule has 2 unspecified atom stereocenters. The smallest absolute Gasteiger partial charge is 0.270 e. The van der Waals surface area contributed by atoms with Gasteiger partial charge < -0.3 is 10.1 Å². The Hall–Kier alpha value is -2.99. The fraction of sp³-hybridized carbons (Fsp3) is 0.250. The van der Waals surface area contributed by atoms with Crippen LogP contribution in [0.2, 0.25) is 0 Å². The number of nitrogens with one attached hydrogen (secondary N) is 1. The minimum absolute atomic E-state index is 0.0776. The van der Waals surface area contributed by atoms with Crippen LogP contribution in [0, 0.1) is 16.0 Å². The molecule has 0 aliphatic carbocycles. The first-order valence-corrected chi connectivity index (χ1v) is 8.66. The van der Waals surface area contributed by atoms with Crippen LogP contribution in [-0.4, -0.2) is 23.1 Å². The van der Waals surface area contributed by atoms with Crippen molar-refractivity contribution in [3.05, 3.63) is 76.3 Å². The number of nitro groups is 1. The molecule has 1 aliphatic heterocycles. The normalized spacial score (nSPS) is 19.5. The van der Waals surface area contributed by atoms with Crippen molar-refractivity contribution in [2.24, 2.45) is 5.92 Å². The maximum absolute atomic E-state index is 10.9. The van der Waals surface area contributed by atoms with Crippen molar-refractivity contribution in [1.29, 1.82) is 0 Å². The zero-order chi connectivity index (χ0) is 17.9. The summed E-state index contributed by atoms with van der Waals surface area (Å²) in [6, 6.07) is 18.7. The van der Waals surface area contributed by atoms with Gasteiger partial charge in [0.1, 0.15) is 5.82 Å². The highest BCUT2D eigenvalue weighted by atomic mass is 16.6. The molecular formula is C20H19N3O3. The van der Waals surface area contributed by atoms with Gasteiger partial charge in [0, 0.05) is 36.6 Å². The number of aromatic nitrogens is 1. The Bertz CT molecular complexity index is 930. The van der Waals surface area contributed by atoms with Crippen molar-refractivity contribution < 1.29 is 9.66 Å². The zero-order valence-electron chi connectivity index (χ0n) is 14.2. The van der Waals surface area contributed by atoms with Gasteiger partial charge in [-0.25, -0.2) is 4.98 Å². The maximum atomic E-state index is 10.9. The van der Waals surface area contributed by atoms with Crippen LogP contribution in [-0.2, 0) is 4.74 Å². The van der Waals surface area contributed by atoms with Gasteiger partial charge in [-0.15, -0.1) is 0 Å². The first kappa shape index (κ1) is 16.5. The SMILES string of the molecule is O=[N+]([O-])c1ccc2nc(NCC3CCOC3c3ccccc3)ccc2c1. The molecule has 1 aliphatic rings. The molecule has 26 heavy (non-hydrogen) atoms. The summed E-state index contributed by atoms with van der Waals surface area (Å²) in [5.41, 5.74) is 2.02. The summed E-state index contributed by atoms with van der Waals surface area (Å²) in [7, 11) is 0. The van der Waals surface area contributed by atoms with Crippen molar-refractivity contribution >= 4 is 22.4 Å². The number of nitro benzene ring substituents is 1. The standard InChI is InChI=1S/C20H19N3O3/c24-23(25)17-7-8-18-15(12-17)6-9-19(22-18)21-13-16-10-11-26-20(16)14-4-2-1-3-5-14/h1-9,12,16,20H,10-11,13H2,(H,21,22). The summed E-state index contributed by atoms with van der Waals surface area (Å²) < 4.78 is 5.92. The van der Waals surface area contributed by atoms with Gasteiger partial charge in [0.2, 0.25) is 0 Å². The minimum Gasteiger partial charge on any atom is -0.373 e. The van der Waals surface area contributed by atoms with E-state index in [1.54, 1.807) is 12.1 Å². The molecule has 2 atom stereocenters. The summed E-state index contributed by atoms with van der Waals surface area (Å²) in [5.74, 6) is 1.15. The van der Waals surface area contributed by atoms with Gasteiger partial charge in [-0.3, -0.25) is 10.1 Å². The third-order valence-electron chi connectivity index (χ3n) is 4.77. The van der Waals surface area contributed by atoms with Crippen LogP contribution >= 0.6 is 0 Å². The highest BCUT2D eigenvalue weighted by Crippen LogP contribution is 2.34. The average molecular weight is 349 g/mol. The van der Waals surface area contributed by atoms with E-state index in [1.165, 1.54) is 11.6 Å². The Morgan fingerprint density at radius 3 is 2.81 bits per heavy atom. The molecule has 0 spiro atoms. The van der Waals surface area contributed by atoms with Crippen LogP contribution in [0.25, 0.3) is 10.9 Å². The fourth-order valence-corrected chi connectivity index (χ4v) is 3.41. The molecule has 132 valence electrons. The van der Waals surface area contributed by atoms with Crippen LogP contribution in [0.15, 0.2) is 60.7 Å². The molecule has 4 rings (SSSR count). The fourth-order valence-electron chi connectivity index (χ4n) is 3.41. The lowest BCUT2D eigenvalue weighted by Gasteiger charge is -2.19. The lowest BCUT2D eigenvalue weighted by Crippen LogP contribution is -2.18. The molecule has 1 saturated heterocycles. The molecule has 6 nitrogen and oxygen atoms in total. The van der Waals surface area contributed by atoms with Gasteiger partial charge >= 0.3 is 0 Å². The number of non-ortho nitro benzene ring substituents is 1. The first-order valence-electron chi connectivity index (χ1n) is 8.66. The van der Waals surface area contributed by atoms with E-state index in [4.69, 9.17) is 4.74 Å². The third-order valence-corrected chi connectivity index (χ3v) is 4.77. The van der Waals surface area contributed by atoms with E-state index in [9.17, 15) is 10.1 Å². The van der Waals surface area contributed by atoms with Crippen molar-refractivity contribution in [3.63, 3.8) is 0 Å². The van der Waals surface area contributed by atoms with Crippen molar-refractivity contribution in [3.8, 4) is 0 Å². The molecular weight excluding hydrogens is 330 g/mol. The topological polar surface area (TPSA) is 77.3 Å². The number of ether oxygens (including phenoxy) is 1. The second-order valence-corrected chi connectivity index (χ2v) is 6.46. The largest absolute Gasteiger partial charge is 0.373 e. The van der Waals surface area contributed by atoms with Crippen molar-refractivity contribution in [2.45, 2.75) is 12.5 Å². The van der Waals surface area contributed by atoms with Crippen LogP contribution in [0.3, 0.4) is 0 Å². The van der Waals surface area contributed by atoms with Gasteiger partial charge in [-0.1, -0.05) is 30.3 Å². The number of hydrogen-bond acceptors (Lipinski definition) is 5. The quantitative estimate of drug-likeness (QED) is 0.548. The Morgan fingerprint density at radius 2 is 2.00 bits per heavy atom. The maximum Gasteiger partial charge on any atom is 0.270 e. The summed E-state index contributed by atoms with van der Waals surface area (Å²) in [4.78, 5) is 15.0. The Morgan fingerprint density at radius 1 is 1.15 bits per heavy atom. The van der Waals surface area contributed by atoms with Gasteiger partial charge in [0.15, 0.2) is 0 Å². The van der Waals surface area contributed by atoms with E-state index < -0.39 is 4.92 Å². The Balaban J connectivity index is 1.47. The number of hydrogen-bond donors (Lipinski definition) is 1. The lowest BCUT2D eigenvalue weighted by molar-refractivity contribution is -0.384. The second-order valence-electron chi connectivity index (χ2n) is 6.46. The predicted octanol–water partition coefficient (Wildman–Crippen LogP) is 4.33. The molecule has 2 aromatic carbocycles. The molecule has 0 amide bonds. The van der Waals surface area contributed by atoms with E-state index in [0.29, 0.717) is 5.92 Å². The highest BCUT2D eigenvalue weighted by molar-refractivity contribution is 5.82. The summed E-state index contributed by atoms with van der Waals surface area (Å²) >= 11 is 0. The number of pyridine rings is 1. The molecule has 1 fully saturated rings. The van der Waals surface area contributed by atoms with Gasteiger partial charge in [-0.05, 0) is 30.2 Å². The third kappa shape index (κ3) is 3.36. The monoisotopic (exact) mass is 349 g/mol. The Labute approximate surface area is 151 Å². The average Bonchev–Trinajstić information content (AvgIpc) is 3.15. The first-order chi connectivity index (χ1) is 12.7. The van der Waals surface area contributed by atoms with Gasteiger partial charge in [0.25, 0.3) is 5.69 Å². The van der Waals surface area contributed by atoms with Crippen LogP contribution in [0.4, 0.5) is 11.5 Å². The number of nitrogens with zero attached hydrogens (tertiary/aromatic N) is 2.